The molecule has 1 aliphatic rings. The van der Waals surface area contributed by atoms with E-state index >= 15 is 0 Å². The van der Waals surface area contributed by atoms with Gasteiger partial charge in [0.25, 0.3) is 0 Å². The first kappa shape index (κ1) is 8.72. The maximum absolute atomic E-state index is 6.07. The highest BCUT2D eigenvalue weighted by atomic mass is 79.9. The van der Waals surface area contributed by atoms with Crippen LogP contribution in [0.5, 0.6) is 0 Å². The number of nitrogens with two attached hydrogens (primary N) is 1. The van der Waals surface area contributed by atoms with Crippen LogP contribution in [0, 0.1) is 0 Å². The molecule has 66 valence electrons. The van der Waals surface area contributed by atoms with Gasteiger partial charge in [-0.2, -0.15) is 5.10 Å². The molecule has 1 aromatic heterocycles. The van der Waals surface area contributed by atoms with Gasteiger partial charge in [0.2, 0.25) is 0 Å². The first-order chi connectivity index (χ1) is 5.54. The highest BCUT2D eigenvalue weighted by Gasteiger charge is 2.44. The third-order valence-corrected chi connectivity index (χ3v) is 3.69. The Bertz CT molecular complexity index is 328. The van der Waals surface area contributed by atoms with Crippen molar-refractivity contribution in [3.8, 4) is 0 Å². The van der Waals surface area contributed by atoms with Gasteiger partial charge in [-0.25, -0.2) is 0 Å². The van der Waals surface area contributed by atoms with Crippen molar-refractivity contribution in [1.29, 1.82) is 0 Å². The summed E-state index contributed by atoms with van der Waals surface area (Å²) < 4.78 is 3.62. The molecule has 1 aliphatic carbocycles. The normalized spacial score (nSPS) is 19.7. The first-order valence-electron chi connectivity index (χ1n) is 3.72. The fourth-order valence-electron chi connectivity index (χ4n) is 1.27. The lowest BCUT2D eigenvalue weighted by molar-refractivity contribution is 0.716. The van der Waals surface area contributed by atoms with Crippen LogP contribution in [-0.2, 0) is 12.6 Å². The van der Waals surface area contributed by atoms with Gasteiger partial charge < -0.3 is 5.73 Å². The average molecular weight is 295 g/mol. The maximum Gasteiger partial charge on any atom is 0.134 e. The molecule has 1 heterocycles. The molecule has 0 aliphatic heterocycles. The summed E-state index contributed by atoms with van der Waals surface area (Å²) in [4.78, 5) is 0. The van der Waals surface area contributed by atoms with Crippen molar-refractivity contribution in [2.24, 2.45) is 12.8 Å². The second kappa shape index (κ2) is 2.56. The van der Waals surface area contributed by atoms with E-state index in [2.05, 4.69) is 37.0 Å². The summed E-state index contributed by atoms with van der Waals surface area (Å²) in [5, 5.41) is 4.22. The average Bonchev–Trinajstić information content (AvgIpc) is 2.62. The van der Waals surface area contributed by atoms with Gasteiger partial charge in [-0.15, -0.1) is 0 Å². The number of rotatable bonds is 1. The smallest absolute Gasteiger partial charge is 0.134 e. The van der Waals surface area contributed by atoms with Gasteiger partial charge in [0.1, 0.15) is 9.21 Å². The predicted octanol–water partition coefficient (Wildman–Crippen LogP) is 1.89. The number of aromatic nitrogens is 2. The van der Waals surface area contributed by atoms with Gasteiger partial charge in [0.15, 0.2) is 0 Å². The minimum absolute atomic E-state index is 0.133. The Kier molecular flexibility index (Phi) is 1.86. The molecule has 1 aromatic rings. The van der Waals surface area contributed by atoms with Crippen LogP contribution in [0.1, 0.15) is 18.4 Å². The Hall–Kier alpha value is 0.130. The highest BCUT2D eigenvalue weighted by molar-refractivity contribution is 9.11. The molecule has 0 bridgehead atoms. The molecule has 3 nitrogen and oxygen atoms in total. The van der Waals surface area contributed by atoms with Crippen LogP contribution in [0.3, 0.4) is 0 Å². The van der Waals surface area contributed by atoms with Crippen molar-refractivity contribution in [3.63, 3.8) is 0 Å². The SMILES string of the molecule is Cn1nc(Br)c(C2(N)CC2)c1Br. The van der Waals surface area contributed by atoms with Gasteiger partial charge in [-0.3, -0.25) is 4.68 Å². The molecular formula is C7H9Br2N3. The Morgan fingerprint density at radius 2 is 2.08 bits per heavy atom. The largest absolute Gasteiger partial charge is 0.321 e. The fraction of sp³-hybridized carbons (Fsp3) is 0.571. The molecule has 0 spiro atoms. The summed E-state index contributed by atoms with van der Waals surface area (Å²) in [6, 6.07) is 0. The molecule has 0 saturated heterocycles. The molecule has 0 unspecified atom stereocenters. The van der Waals surface area contributed by atoms with E-state index in [0.717, 1.165) is 27.6 Å². The number of hydrogen-bond donors (Lipinski definition) is 1. The topological polar surface area (TPSA) is 43.8 Å². The van der Waals surface area contributed by atoms with Crippen molar-refractivity contribution in [1.82, 2.24) is 9.78 Å². The van der Waals surface area contributed by atoms with Crippen molar-refractivity contribution in [2.45, 2.75) is 18.4 Å². The van der Waals surface area contributed by atoms with E-state index in [4.69, 9.17) is 5.73 Å². The monoisotopic (exact) mass is 293 g/mol. The molecule has 5 heteroatoms. The van der Waals surface area contributed by atoms with E-state index in [0.29, 0.717) is 0 Å². The first-order valence-corrected chi connectivity index (χ1v) is 5.30. The molecule has 2 rings (SSSR count). The summed E-state index contributed by atoms with van der Waals surface area (Å²) in [6.45, 7) is 0. The van der Waals surface area contributed by atoms with Crippen LogP contribution >= 0.6 is 31.9 Å². The lowest BCUT2D eigenvalue weighted by atomic mass is 10.1. The summed E-state index contributed by atoms with van der Waals surface area (Å²) in [5.74, 6) is 0. The van der Waals surface area contributed by atoms with E-state index in [9.17, 15) is 0 Å². The Labute approximate surface area is 87.6 Å². The number of aryl methyl sites for hydroxylation is 1. The van der Waals surface area contributed by atoms with E-state index < -0.39 is 0 Å². The van der Waals surface area contributed by atoms with Gasteiger partial charge in [0, 0.05) is 18.2 Å². The molecule has 0 amide bonds. The van der Waals surface area contributed by atoms with Crippen molar-refractivity contribution >= 4 is 31.9 Å². The predicted molar refractivity (Wildman–Crippen MR) is 53.7 cm³/mol. The lowest BCUT2D eigenvalue weighted by Gasteiger charge is -2.06. The zero-order chi connectivity index (χ0) is 8.93. The van der Waals surface area contributed by atoms with E-state index in [-0.39, 0.29) is 5.54 Å². The fourth-order valence-corrected chi connectivity index (χ4v) is 3.02. The number of hydrogen-bond acceptors (Lipinski definition) is 2. The van der Waals surface area contributed by atoms with Crippen molar-refractivity contribution in [2.75, 3.05) is 0 Å². The number of nitrogens with zero attached hydrogens (tertiary/aromatic N) is 2. The van der Waals surface area contributed by atoms with Gasteiger partial charge in [-0.1, -0.05) is 0 Å². The van der Waals surface area contributed by atoms with Crippen molar-refractivity contribution < 1.29 is 0 Å². The van der Waals surface area contributed by atoms with Crippen LogP contribution in [0.15, 0.2) is 9.21 Å². The summed E-state index contributed by atoms with van der Waals surface area (Å²) >= 11 is 6.87. The molecule has 1 fully saturated rings. The summed E-state index contributed by atoms with van der Waals surface area (Å²) in [7, 11) is 1.89. The Balaban J connectivity index is 2.55. The third kappa shape index (κ3) is 1.15. The maximum atomic E-state index is 6.07. The van der Waals surface area contributed by atoms with Crippen molar-refractivity contribution in [3.05, 3.63) is 14.8 Å². The van der Waals surface area contributed by atoms with Crippen LogP contribution in [-0.4, -0.2) is 9.78 Å². The second-order valence-corrected chi connectivity index (χ2v) is 4.74. The second-order valence-electron chi connectivity index (χ2n) is 3.24. The van der Waals surface area contributed by atoms with E-state index in [1.54, 1.807) is 4.68 Å². The quantitative estimate of drug-likeness (QED) is 0.860. The van der Waals surface area contributed by atoms with E-state index in [1.807, 2.05) is 7.05 Å². The van der Waals surface area contributed by atoms with Crippen LogP contribution < -0.4 is 5.73 Å². The minimum atomic E-state index is -0.133. The van der Waals surface area contributed by atoms with Crippen LogP contribution in [0.2, 0.25) is 0 Å². The molecule has 1 saturated carbocycles. The Morgan fingerprint density at radius 1 is 1.50 bits per heavy atom. The zero-order valence-electron chi connectivity index (χ0n) is 6.64. The zero-order valence-corrected chi connectivity index (χ0v) is 9.81. The van der Waals surface area contributed by atoms with E-state index in [1.165, 1.54) is 0 Å². The van der Waals surface area contributed by atoms with Gasteiger partial charge in [-0.05, 0) is 44.7 Å². The lowest BCUT2D eigenvalue weighted by Crippen LogP contribution is -2.19. The van der Waals surface area contributed by atoms with Gasteiger partial charge in [0.05, 0.1) is 0 Å². The Morgan fingerprint density at radius 3 is 2.42 bits per heavy atom. The molecule has 0 atom stereocenters. The van der Waals surface area contributed by atoms with Gasteiger partial charge >= 0.3 is 0 Å². The third-order valence-electron chi connectivity index (χ3n) is 2.22. The molecule has 12 heavy (non-hydrogen) atoms. The molecular weight excluding hydrogens is 286 g/mol. The van der Waals surface area contributed by atoms with Crippen LogP contribution in [0.4, 0.5) is 0 Å². The number of halogens is 2. The van der Waals surface area contributed by atoms with Crippen LogP contribution in [0.25, 0.3) is 0 Å². The standard InChI is InChI=1S/C7H9Br2N3/c1-12-6(9)4(5(8)11-12)7(10)2-3-7/h2-3,10H2,1H3. The molecule has 0 aromatic carbocycles. The summed E-state index contributed by atoms with van der Waals surface area (Å²) in [6.07, 6.45) is 2.10. The molecule has 2 N–H and O–H groups in total. The molecule has 0 radical (unpaired) electrons. The highest BCUT2D eigenvalue weighted by Crippen LogP contribution is 2.48. The summed E-state index contributed by atoms with van der Waals surface area (Å²) in [5.41, 5.74) is 7.04. The minimum Gasteiger partial charge on any atom is -0.321 e.